The zero-order valence-corrected chi connectivity index (χ0v) is 18.4. The fourth-order valence-corrected chi connectivity index (χ4v) is 5.39. The lowest BCUT2D eigenvalue weighted by molar-refractivity contribution is 0.0629. The molecule has 1 heterocycles. The fraction of sp³-hybridized carbons (Fsp3) is 0.500. The van der Waals surface area contributed by atoms with E-state index in [4.69, 9.17) is 9.47 Å². The van der Waals surface area contributed by atoms with E-state index in [1.54, 1.807) is 14.2 Å². The smallest absolute Gasteiger partial charge is 0.166 e. The summed E-state index contributed by atoms with van der Waals surface area (Å²) in [6.45, 7) is 4.34. The van der Waals surface area contributed by atoms with E-state index in [0.717, 1.165) is 43.5 Å². The van der Waals surface area contributed by atoms with Gasteiger partial charge in [0.05, 0.1) is 14.2 Å². The topological polar surface area (TPSA) is 38.8 Å². The van der Waals surface area contributed by atoms with Gasteiger partial charge in [-0.1, -0.05) is 43.7 Å². The highest BCUT2D eigenvalue weighted by atomic mass is 16.5. The van der Waals surface area contributed by atoms with Crippen LogP contribution in [-0.2, 0) is 13.0 Å². The first-order valence-corrected chi connectivity index (χ1v) is 11.2. The van der Waals surface area contributed by atoms with Gasteiger partial charge in [0.25, 0.3) is 0 Å². The van der Waals surface area contributed by atoms with Crippen LogP contribution in [0.1, 0.15) is 54.1 Å². The zero-order chi connectivity index (χ0) is 21.1. The number of piperidine rings is 1. The number of benzene rings is 2. The first kappa shape index (κ1) is 20.9. The third kappa shape index (κ3) is 4.11. The van der Waals surface area contributed by atoms with Crippen LogP contribution in [0.5, 0.6) is 11.5 Å². The minimum atomic E-state index is 0.0926. The van der Waals surface area contributed by atoms with Crippen molar-refractivity contribution in [2.45, 2.75) is 51.6 Å². The van der Waals surface area contributed by atoms with E-state index in [-0.39, 0.29) is 5.92 Å². The Morgan fingerprint density at radius 2 is 1.80 bits per heavy atom. The molecule has 0 N–H and O–H groups in total. The molecular formula is C26H33NO3. The number of rotatable bonds is 7. The number of carbonyl (C=O) groups excluding carboxylic acids is 1. The summed E-state index contributed by atoms with van der Waals surface area (Å²) in [6, 6.07) is 15.2. The lowest BCUT2D eigenvalue weighted by Gasteiger charge is -2.41. The van der Waals surface area contributed by atoms with Crippen molar-refractivity contribution >= 4 is 5.78 Å². The van der Waals surface area contributed by atoms with Gasteiger partial charge in [-0.25, -0.2) is 0 Å². The number of ketones is 1. The van der Waals surface area contributed by atoms with Gasteiger partial charge in [-0.2, -0.15) is 0 Å². The Hall–Kier alpha value is -2.33. The van der Waals surface area contributed by atoms with E-state index < -0.39 is 0 Å². The van der Waals surface area contributed by atoms with Crippen molar-refractivity contribution in [3.05, 3.63) is 59.2 Å². The number of fused-ring (bicyclic) bond motifs is 1. The molecule has 0 aromatic heterocycles. The van der Waals surface area contributed by atoms with Crippen molar-refractivity contribution < 1.29 is 14.3 Å². The van der Waals surface area contributed by atoms with Gasteiger partial charge < -0.3 is 9.47 Å². The number of carbonyl (C=O) groups is 1. The van der Waals surface area contributed by atoms with Crippen molar-refractivity contribution in [1.82, 2.24) is 4.90 Å². The van der Waals surface area contributed by atoms with E-state index >= 15 is 0 Å². The molecule has 1 fully saturated rings. The molecule has 4 rings (SSSR count). The summed E-state index contributed by atoms with van der Waals surface area (Å²) in [5, 5.41) is 0. The highest BCUT2D eigenvalue weighted by molar-refractivity contribution is 6.03. The van der Waals surface area contributed by atoms with Gasteiger partial charge in [0, 0.05) is 24.1 Å². The second-order valence-corrected chi connectivity index (χ2v) is 8.72. The highest BCUT2D eigenvalue weighted by Gasteiger charge is 2.40. The van der Waals surface area contributed by atoms with Crippen LogP contribution < -0.4 is 9.47 Å². The second-order valence-electron chi connectivity index (χ2n) is 8.72. The summed E-state index contributed by atoms with van der Waals surface area (Å²) in [6.07, 6.45) is 5.40. The average molecular weight is 408 g/mol. The van der Waals surface area contributed by atoms with Gasteiger partial charge in [0.2, 0.25) is 0 Å². The summed E-state index contributed by atoms with van der Waals surface area (Å²) in [5.41, 5.74) is 3.32. The van der Waals surface area contributed by atoms with Gasteiger partial charge in [-0.3, -0.25) is 9.69 Å². The quantitative estimate of drug-likeness (QED) is 0.637. The van der Waals surface area contributed by atoms with Gasteiger partial charge in [0.15, 0.2) is 17.3 Å². The Bertz CT molecular complexity index is 879. The number of hydrogen-bond acceptors (Lipinski definition) is 4. The molecular weight excluding hydrogens is 374 g/mol. The maximum Gasteiger partial charge on any atom is 0.166 e. The predicted molar refractivity (Wildman–Crippen MR) is 119 cm³/mol. The number of hydrogen-bond donors (Lipinski definition) is 0. The standard InChI is InChI=1S/C26H33NO3/c1-4-8-21-13-19(11-12-27(21)17-18-9-6-5-7-10-18)22-14-20-15-24(29-2)25(30-3)16-23(20)26(22)28/h5-7,9-10,15-16,19,21-22H,4,8,11-14,17H2,1-3H3. The maximum absolute atomic E-state index is 13.3. The molecule has 0 bridgehead atoms. The molecule has 0 spiro atoms. The first-order valence-electron chi connectivity index (χ1n) is 11.2. The van der Waals surface area contributed by atoms with Crippen LogP contribution in [0.25, 0.3) is 0 Å². The molecule has 3 unspecified atom stereocenters. The van der Waals surface area contributed by atoms with E-state index in [0.29, 0.717) is 29.2 Å². The Balaban J connectivity index is 1.49. The fourth-order valence-electron chi connectivity index (χ4n) is 5.39. The minimum absolute atomic E-state index is 0.0926. The van der Waals surface area contributed by atoms with Crippen LogP contribution in [-0.4, -0.2) is 37.5 Å². The number of methoxy groups -OCH3 is 2. The normalized spacial score (nSPS) is 24.0. The van der Waals surface area contributed by atoms with Gasteiger partial charge in [-0.15, -0.1) is 0 Å². The SMILES string of the molecule is CCCC1CC(C2Cc3cc(OC)c(OC)cc3C2=O)CCN1Cc1ccccc1. The number of ether oxygens (including phenoxy) is 2. The number of likely N-dealkylation sites (tertiary alicyclic amines) is 1. The molecule has 1 aliphatic carbocycles. The molecule has 0 amide bonds. The van der Waals surface area contributed by atoms with Gasteiger partial charge in [-0.05, 0) is 61.4 Å². The van der Waals surface area contributed by atoms with E-state index in [1.165, 1.54) is 18.4 Å². The summed E-state index contributed by atoms with van der Waals surface area (Å²) >= 11 is 0. The monoisotopic (exact) mass is 407 g/mol. The van der Waals surface area contributed by atoms with E-state index in [1.807, 2.05) is 12.1 Å². The van der Waals surface area contributed by atoms with Crippen LogP contribution in [0, 0.1) is 11.8 Å². The Morgan fingerprint density at radius 3 is 2.50 bits per heavy atom. The van der Waals surface area contributed by atoms with Crippen molar-refractivity contribution in [3.63, 3.8) is 0 Å². The predicted octanol–water partition coefficient (Wildman–Crippen LogP) is 5.14. The lowest BCUT2D eigenvalue weighted by atomic mass is 9.78. The molecule has 2 aromatic rings. The molecule has 30 heavy (non-hydrogen) atoms. The summed E-state index contributed by atoms with van der Waals surface area (Å²) < 4.78 is 10.9. The van der Waals surface area contributed by atoms with E-state index in [9.17, 15) is 4.79 Å². The number of nitrogens with zero attached hydrogens (tertiary/aromatic N) is 1. The molecule has 2 aromatic carbocycles. The Kier molecular flexibility index (Phi) is 6.43. The van der Waals surface area contributed by atoms with Gasteiger partial charge in [0.1, 0.15) is 0 Å². The molecule has 160 valence electrons. The summed E-state index contributed by atoms with van der Waals surface area (Å²) in [4.78, 5) is 15.9. The van der Waals surface area contributed by atoms with Crippen LogP contribution >= 0.6 is 0 Å². The average Bonchev–Trinajstić information content (AvgIpc) is 3.10. The summed E-state index contributed by atoms with van der Waals surface area (Å²) in [5.74, 6) is 2.20. The Morgan fingerprint density at radius 1 is 1.07 bits per heavy atom. The van der Waals surface area contributed by atoms with Crippen molar-refractivity contribution in [1.29, 1.82) is 0 Å². The zero-order valence-electron chi connectivity index (χ0n) is 18.4. The molecule has 4 heteroatoms. The lowest BCUT2D eigenvalue weighted by Crippen LogP contribution is -2.44. The first-order chi connectivity index (χ1) is 14.6. The maximum atomic E-state index is 13.3. The molecule has 3 atom stereocenters. The number of Topliss-reactive ketones (excluding diaryl/α,β-unsaturated/α-hetero) is 1. The molecule has 4 nitrogen and oxygen atoms in total. The minimum Gasteiger partial charge on any atom is -0.493 e. The third-order valence-electron chi connectivity index (χ3n) is 6.95. The van der Waals surface area contributed by atoms with E-state index in [2.05, 4.69) is 42.2 Å². The largest absolute Gasteiger partial charge is 0.493 e. The van der Waals surface area contributed by atoms with Crippen LogP contribution in [0.4, 0.5) is 0 Å². The molecule has 1 aliphatic heterocycles. The van der Waals surface area contributed by atoms with Crippen molar-refractivity contribution in [2.24, 2.45) is 11.8 Å². The molecule has 1 saturated heterocycles. The highest BCUT2D eigenvalue weighted by Crippen LogP contribution is 2.42. The van der Waals surface area contributed by atoms with Crippen LogP contribution in [0.3, 0.4) is 0 Å². The van der Waals surface area contributed by atoms with Gasteiger partial charge >= 0.3 is 0 Å². The van der Waals surface area contributed by atoms with Crippen molar-refractivity contribution in [3.8, 4) is 11.5 Å². The third-order valence-corrected chi connectivity index (χ3v) is 6.95. The van der Waals surface area contributed by atoms with Crippen LogP contribution in [0.15, 0.2) is 42.5 Å². The molecule has 2 aliphatic rings. The Labute approximate surface area is 180 Å². The second kappa shape index (κ2) is 9.22. The summed E-state index contributed by atoms with van der Waals surface area (Å²) in [7, 11) is 3.27. The van der Waals surface area contributed by atoms with Crippen molar-refractivity contribution in [2.75, 3.05) is 20.8 Å². The molecule has 0 radical (unpaired) electrons. The van der Waals surface area contributed by atoms with Crippen LogP contribution in [0.2, 0.25) is 0 Å². The molecule has 0 saturated carbocycles.